The molecule has 0 spiro atoms. The summed E-state index contributed by atoms with van der Waals surface area (Å²) in [5, 5.41) is 2.71. The highest BCUT2D eigenvalue weighted by Crippen LogP contribution is 2.07. The molecule has 0 aromatic carbocycles. The summed E-state index contributed by atoms with van der Waals surface area (Å²) in [7, 11) is 0. The minimum Gasteiger partial charge on any atom is -0.444 e. The molecular formula is C12H22N4O2. The first-order chi connectivity index (χ1) is 8.42. The fraction of sp³-hybridized carbons (Fsp3) is 0.667. The van der Waals surface area contributed by atoms with E-state index in [4.69, 9.17) is 10.5 Å². The molecule has 0 saturated carbocycles. The number of carbonyl (C=O) groups is 1. The van der Waals surface area contributed by atoms with Crippen LogP contribution in [0.2, 0.25) is 0 Å². The molecular weight excluding hydrogens is 232 g/mol. The third kappa shape index (κ3) is 5.18. The number of aryl methyl sites for hydroxylation is 1. The summed E-state index contributed by atoms with van der Waals surface area (Å²) >= 11 is 0. The fourth-order valence-corrected chi connectivity index (χ4v) is 1.44. The van der Waals surface area contributed by atoms with Crippen molar-refractivity contribution >= 4 is 6.09 Å². The molecule has 0 atom stereocenters. The van der Waals surface area contributed by atoms with Crippen molar-refractivity contribution in [3.05, 3.63) is 18.2 Å². The molecule has 102 valence electrons. The van der Waals surface area contributed by atoms with Crippen molar-refractivity contribution in [2.24, 2.45) is 5.73 Å². The Morgan fingerprint density at radius 3 is 2.89 bits per heavy atom. The van der Waals surface area contributed by atoms with Crippen LogP contribution in [-0.4, -0.2) is 27.8 Å². The lowest BCUT2D eigenvalue weighted by atomic mass is 10.2. The quantitative estimate of drug-likeness (QED) is 0.828. The van der Waals surface area contributed by atoms with Crippen molar-refractivity contribution in [1.82, 2.24) is 14.9 Å². The maximum Gasteiger partial charge on any atom is 0.407 e. The van der Waals surface area contributed by atoms with Crippen molar-refractivity contribution in [2.45, 2.75) is 45.9 Å². The Morgan fingerprint density at radius 1 is 1.56 bits per heavy atom. The third-order valence-corrected chi connectivity index (χ3v) is 2.21. The molecule has 0 radical (unpaired) electrons. The predicted molar refractivity (Wildman–Crippen MR) is 69.0 cm³/mol. The Kier molecular flexibility index (Phi) is 5.15. The molecule has 0 fully saturated rings. The lowest BCUT2D eigenvalue weighted by Crippen LogP contribution is -2.32. The van der Waals surface area contributed by atoms with Gasteiger partial charge in [-0.15, -0.1) is 0 Å². The number of hydrogen-bond donors (Lipinski definition) is 2. The molecule has 3 N–H and O–H groups in total. The molecule has 0 bridgehead atoms. The molecule has 1 rings (SSSR count). The molecule has 6 nitrogen and oxygen atoms in total. The van der Waals surface area contributed by atoms with E-state index in [9.17, 15) is 4.79 Å². The Balaban J connectivity index is 2.43. The van der Waals surface area contributed by atoms with Crippen LogP contribution in [0.15, 0.2) is 12.5 Å². The molecule has 0 unspecified atom stereocenters. The largest absolute Gasteiger partial charge is 0.444 e. The Labute approximate surface area is 108 Å². The average Bonchev–Trinajstić information content (AvgIpc) is 2.68. The van der Waals surface area contributed by atoms with Crippen molar-refractivity contribution in [3.63, 3.8) is 0 Å². The molecule has 18 heavy (non-hydrogen) atoms. The van der Waals surface area contributed by atoms with Crippen molar-refractivity contribution in [3.8, 4) is 0 Å². The monoisotopic (exact) mass is 254 g/mol. The van der Waals surface area contributed by atoms with Gasteiger partial charge in [0, 0.05) is 12.7 Å². The number of nitrogens with zero attached hydrogens (tertiary/aromatic N) is 2. The standard InChI is InChI=1S/C12H22N4O2/c1-12(2,3)18-11(17)15-8-10-7-14-9-16(10)6-4-5-13/h7,9H,4-6,8,13H2,1-3H3,(H,15,17). The maximum atomic E-state index is 11.5. The van der Waals surface area contributed by atoms with E-state index in [2.05, 4.69) is 10.3 Å². The summed E-state index contributed by atoms with van der Waals surface area (Å²) in [6.07, 6.45) is 3.93. The summed E-state index contributed by atoms with van der Waals surface area (Å²) in [6, 6.07) is 0. The van der Waals surface area contributed by atoms with Gasteiger partial charge in [0.05, 0.1) is 18.6 Å². The second-order valence-electron chi connectivity index (χ2n) is 5.08. The van der Waals surface area contributed by atoms with Crippen LogP contribution in [0.5, 0.6) is 0 Å². The number of aromatic nitrogens is 2. The number of alkyl carbamates (subject to hydrolysis) is 1. The van der Waals surface area contributed by atoms with Crippen LogP contribution < -0.4 is 11.1 Å². The molecule has 1 aromatic rings. The van der Waals surface area contributed by atoms with Crippen LogP contribution in [0.1, 0.15) is 32.9 Å². The van der Waals surface area contributed by atoms with Crippen molar-refractivity contribution < 1.29 is 9.53 Å². The van der Waals surface area contributed by atoms with Gasteiger partial charge >= 0.3 is 6.09 Å². The van der Waals surface area contributed by atoms with Gasteiger partial charge in [0.15, 0.2) is 0 Å². The Bertz CT molecular complexity index is 382. The van der Waals surface area contributed by atoms with Gasteiger partial charge in [0.25, 0.3) is 0 Å². The van der Waals surface area contributed by atoms with Crippen LogP contribution in [0.25, 0.3) is 0 Å². The second-order valence-corrected chi connectivity index (χ2v) is 5.08. The number of ether oxygens (including phenoxy) is 1. The van der Waals surface area contributed by atoms with E-state index in [0.717, 1.165) is 18.7 Å². The molecule has 1 aromatic heterocycles. The van der Waals surface area contributed by atoms with Gasteiger partial charge in [-0.25, -0.2) is 9.78 Å². The van der Waals surface area contributed by atoms with Gasteiger partial charge in [-0.2, -0.15) is 0 Å². The Morgan fingerprint density at radius 2 is 2.28 bits per heavy atom. The van der Waals surface area contributed by atoms with Crippen LogP contribution in [0.4, 0.5) is 4.79 Å². The summed E-state index contributed by atoms with van der Waals surface area (Å²) in [5.74, 6) is 0. The first-order valence-electron chi connectivity index (χ1n) is 6.08. The highest BCUT2D eigenvalue weighted by Gasteiger charge is 2.16. The average molecular weight is 254 g/mol. The number of rotatable bonds is 5. The molecule has 1 amide bonds. The molecule has 0 aliphatic heterocycles. The first kappa shape index (κ1) is 14.5. The summed E-state index contributed by atoms with van der Waals surface area (Å²) < 4.78 is 7.13. The Hall–Kier alpha value is -1.56. The summed E-state index contributed by atoms with van der Waals surface area (Å²) in [6.45, 7) is 7.34. The van der Waals surface area contributed by atoms with Crippen LogP contribution in [0.3, 0.4) is 0 Å². The minimum atomic E-state index is -0.482. The first-order valence-corrected chi connectivity index (χ1v) is 6.08. The van der Waals surface area contributed by atoms with E-state index >= 15 is 0 Å². The van der Waals surface area contributed by atoms with E-state index < -0.39 is 11.7 Å². The number of imidazole rings is 1. The normalized spacial score (nSPS) is 11.3. The van der Waals surface area contributed by atoms with Gasteiger partial charge < -0.3 is 20.4 Å². The van der Waals surface area contributed by atoms with E-state index in [1.807, 2.05) is 25.3 Å². The zero-order valence-electron chi connectivity index (χ0n) is 11.3. The minimum absolute atomic E-state index is 0.402. The third-order valence-electron chi connectivity index (χ3n) is 2.21. The van der Waals surface area contributed by atoms with Gasteiger partial charge in [-0.1, -0.05) is 0 Å². The lowest BCUT2D eigenvalue weighted by Gasteiger charge is -2.19. The van der Waals surface area contributed by atoms with Gasteiger partial charge in [-0.3, -0.25) is 0 Å². The van der Waals surface area contributed by atoms with E-state index in [-0.39, 0.29) is 0 Å². The zero-order chi connectivity index (χ0) is 13.6. The predicted octanol–water partition coefficient (Wildman–Crippen LogP) is 1.26. The molecule has 6 heteroatoms. The van der Waals surface area contributed by atoms with Crippen LogP contribution in [-0.2, 0) is 17.8 Å². The number of hydrogen-bond acceptors (Lipinski definition) is 4. The number of nitrogens with two attached hydrogens (primary N) is 1. The zero-order valence-corrected chi connectivity index (χ0v) is 11.3. The van der Waals surface area contributed by atoms with Gasteiger partial charge in [0.1, 0.15) is 5.60 Å². The molecule has 0 aliphatic carbocycles. The fourth-order valence-electron chi connectivity index (χ4n) is 1.44. The van der Waals surface area contributed by atoms with E-state index in [1.54, 1.807) is 12.5 Å². The van der Waals surface area contributed by atoms with E-state index in [1.165, 1.54) is 0 Å². The van der Waals surface area contributed by atoms with E-state index in [0.29, 0.717) is 13.1 Å². The maximum absolute atomic E-state index is 11.5. The summed E-state index contributed by atoms with van der Waals surface area (Å²) in [4.78, 5) is 15.6. The smallest absolute Gasteiger partial charge is 0.407 e. The number of carbonyl (C=O) groups excluding carboxylic acids is 1. The van der Waals surface area contributed by atoms with Gasteiger partial charge in [0.2, 0.25) is 0 Å². The molecule has 0 saturated heterocycles. The van der Waals surface area contributed by atoms with Gasteiger partial charge in [-0.05, 0) is 33.7 Å². The highest BCUT2D eigenvalue weighted by molar-refractivity contribution is 5.67. The second kappa shape index (κ2) is 6.39. The SMILES string of the molecule is CC(C)(C)OC(=O)NCc1cncn1CCCN. The molecule has 1 heterocycles. The highest BCUT2D eigenvalue weighted by atomic mass is 16.6. The van der Waals surface area contributed by atoms with Crippen LogP contribution >= 0.6 is 0 Å². The summed E-state index contributed by atoms with van der Waals surface area (Å²) in [5.41, 5.74) is 5.92. The van der Waals surface area contributed by atoms with Crippen molar-refractivity contribution in [2.75, 3.05) is 6.54 Å². The van der Waals surface area contributed by atoms with Crippen molar-refractivity contribution in [1.29, 1.82) is 0 Å². The molecule has 0 aliphatic rings. The number of nitrogens with one attached hydrogen (secondary N) is 1. The van der Waals surface area contributed by atoms with Crippen LogP contribution in [0, 0.1) is 0 Å². The number of amides is 1. The topological polar surface area (TPSA) is 82.2 Å². The lowest BCUT2D eigenvalue weighted by molar-refractivity contribution is 0.0522.